The minimum atomic E-state index is -1.15. The van der Waals surface area contributed by atoms with Crippen LogP contribution in [0.4, 0.5) is 21.2 Å². The zero-order chi connectivity index (χ0) is 81.3. The second-order valence-electron chi connectivity index (χ2n) is 26.5. The van der Waals surface area contributed by atoms with Gasteiger partial charge in [0.1, 0.15) is 36.9 Å². The number of anilines is 2. The van der Waals surface area contributed by atoms with Crippen molar-refractivity contribution in [3.05, 3.63) is 193 Å². The van der Waals surface area contributed by atoms with Gasteiger partial charge in [0.05, 0.1) is 131 Å². The lowest BCUT2D eigenvalue weighted by Gasteiger charge is -2.23. The first-order valence-corrected chi connectivity index (χ1v) is 38.7. The summed E-state index contributed by atoms with van der Waals surface area (Å²) in [5.41, 5.74) is 6.08. The van der Waals surface area contributed by atoms with Crippen molar-refractivity contribution in [2.45, 2.75) is 82.5 Å². The van der Waals surface area contributed by atoms with Crippen LogP contribution in [-0.2, 0) is 76.1 Å². The molecule has 0 radical (unpaired) electrons. The van der Waals surface area contributed by atoms with Crippen LogP contribution in [0.25, 0.3) is 43.8 Å². The highest BCUT2D eigenvalue weighted by Gasteiger charge is 2.28. The molecule has 6 aromatic carbocycles. The summed E-state index contributed by atoms with van der Waals surface area (Å²) in [4.78, 5) is 111. The van der Waals surface area contributed by atoms with E-state index in [0.29, 0.717) is 74.6 Å². The molecule has 2 heterocycles. The Bertz CT molecular complexity index is 4250. The van der Waals surface area contributed by atoms with Crippen LogP contribution in [0.1, 0.15) is 80.1 Å². The topological polar surface area (TPSA) is 391 Å². The van der Waals surface area contributed by atoms with Crippen LogP contribution in [0.2, 0.25) is 0 Å². The number of ether oxygens (including phenoxy) is 10. The Morgan fingerprint density at radius 2 is 0.757 bits per heavy atom. The molecule has 4 unspecified atom stereocenters. The highest BCUT2D eigenvalue weighted by molar-refractivity contribution is 5.98. The number of carboxylic acids is 2. The van der Waals surface area contributed by atoms with E-state index in [1.54, 1.807) is 42.7 Å². The summed E-state index contributed by atoms with van der Waals surface area (Å²) in [5.74, 6) is -2.87. The molecule has 0 aliphatic carbocycles. The fourth-order valence-electron chi connectivity index (χ4n) is 11.9. The van der Waals surface area contributed by atoms with Crippen LogP contribution in [0.3, 0.4) is 0 Å². The Kier molecular flexibility index (Phi) is 40.6. The number of alkyl carbamates (subject to hydrolysis) is 2. The minimum absolute atomic E-state index is 0.0217. The van der Waals surface area contributed by atoms with Crippen LogP contribution < -0.4 is 42.5 Å². The number of carbonyl (C=O) groups is 8. The number of hydrogen-bond acceptors (Lipinski definition) is 22. The number of amides is 6. The summed E-state index contributed by atoms with van der Waals surface area (Å²) in [6.45, 7) is 5.93. The van der Waals surface area contributed by atoms with Gasteiger partial charge in [-0.2, -0.15) is 0 Å². The van der Waals surface area contributed by atoms with Crippen molar-refractivity contribution in [3.8, 4) is 22.3 Å². The monoisotopic (exact) mass is 1590 g/mol. The maximum Gasteiger partial charge on any atom is 0.407 e. The maximum atomic E-state index is 13.9. The average Bonchev–Trinajstić information content (AvgIpc) is 0.807. The van der Waals surface area contributed by atoms with Gasteiger partial charge in [0, 0.05) is 51.4 Å². The van der Waals surface area contributed by atoms with Crippen molar-refractivity contribution in [2.75, 3.05) is 156 Å². The molecule has 6 amide bonds. The molecular formula is C85H106N10O20. The first-order chi connectivity index (χ1) is 56.1. The van der Waals surface area contributed by atoms with Gasteiger partial charge in [0.25, 0.3) is 0 Å². The number of benzene rings is 6. The number of nitrogens with one attached hydrogen (secondary N) is 8. The molecular weight excluding hydrogens is 1480 g/mol. The molecule has 115 heavy (non-hydrogen) atoms. The van der Waals surface area contributed by atoms with Gasteiger partial charge >= 0.3 is 24.1 Å². The Morgan fingerprint density at radius 3 is 1.17 bits per heavy atom. The molecule has 10 N–H and O–H groups in total. The quantitative estimate of drug-likeness (QED) is 0.0159. The summed E-state index contributed by atoms with van der Waals surface area (Å²) in [7, 11) is 0. The van der Waals surface area contributed by atoms with Crippen molar-refractivity contribution in [3.63, 3.8) is 0 Å². The van der Waals surface area contributed by atoms with E-state index in [1.165, 1.54) is 0 Å². The molecule has 8 aromatic rings. The highest BCUT2D eigenvalue weighted by Crippen LogP contribution is 2.32. The number of hydrogen-bond donors (Lipinski definition) is 10. The third kappa shape index (κ3) is 34.6. The van der Waals surface area contributed by atoms with Crippen molar-refractivity contribution < 1.29 is 95.9 Å². The Hall–Kier alpha value is -11.2. The molecule has 0 saturated heterocycles. The average molecular weight is 1590 g/mol. The molecule has 0 fully saturated rings. The predicted octanol–water partition coefficient (Wildman–Crippen LogP) is 9.51. The predicted molar refractivity (Wildman–Crippen MR) is 432 cm³/mol. The maximum absolute atomic E-state index is 13.9. The summed E-state index contributed by atoms with van der Waals surface area (Å²) in [6, 6.07) is 48.1. The lowest BCUT2D eigenvalue weighted by molar-refractivity contribution is -0.139. The van der Waals surface area contributed by atoms with Gasteiger partial charge in [0.2, 0.25) is 23.6 Å². The fraction of sp³-hybridized carbons (Fsp3) is 0.412. The molecule has 0 spiro atoms. The van der Waals surface area contributed by atoms with Crippen LogP contribution >= 0.6 is 0 Å². The zero-order valence-electron chi connectivity index (χ0n) is 64.9. The Labute approximate surface area is 669 Å². The Balaban J connectivity index is 0.599. The highest BCUT2D eigenvalue weighted by atomic mass is 16.6. The summed E-state index contributed by atoms with van der Waals surface area (Å²) >= 11 is 0. The van der Waals surface area contributed by atoms with Crippen molar-refractivity contribution in [1.82, 2.24) is 41.9 Å². The molecule has 30 heteroatoms. The van der Waals surface area contributed by atoms with Gasteiger partial charge in [-0.25, -0.2) is 19.6 Å². The van der Waals surface area contributed by atoms with Crippen molar-refractivity contribution in [1.29, 1.82) is 0 Å². The number of carboxylic acid groups (broad SMARTS) is 2. The smallest absolute Gasteiger partial charge is 0.407 e. The van der Waals surface area contributed by atoms with Crippen molar-refractivity contribution in [2.24, 2.45) is 0 Å². The van der Waals surface area contributed by atoms with E-state index in [-0.39, 0.29) is 144 Å². The first-order valence-electron chi connectivity index (χ1n) is 38.7. The van der Waals surface area contributed by atoms with Gasteiger partial charge in [0.15, 0.2) is 0 Å². The largest absolute Gasteiger partial charge is 0.481 e. The fourth-order valence-corrected chi connectivity index (χ4v) is 11.9. The van der Waals surface area contributed by atoms with E-state index in [4.69, 9.17) is 47.4 Å². The summed E-state index contributed by atoms with van der Waals surface area (Å²) in [6.07, 6.45) is 3.58. The van der Waals surface area contributed by atoms with E-state index in [2.05, 4.69) is 52.5 Å². The van der Waals surface area contributed by atoms with Crippen LogP contribution in [0.15, 0.2) is 176 Å². The SMILES string of the molecule is Cc1ccnc(NCCCC(=O)NC(COCCOCCOCCOCCOC(=O)NCCCCNC(=O)OCCOCCOCCOCCOCC(NC(=O)CCCNc2ccccn2)C(=O)NC(CC(=O)O)c2ccc(-c3cccc4ccccc34)cc2)C(=O)NC(CC(=O)O)c2ccc(-c3cccc4ccccc34)cc2)c1. The van der Waals surface area contributed by atoms with Crippen LogP contribution in [0, 0.1) is 6.92 Å². The first kappa shape index (κ1) is 89.3. The number of unbranched alkanes of at least 4 members (excludes halogenated alkanes) is 1. The van der Waals surface area contributed by atoms with Crippen LogP contribution in [0.5, 0.6) is 0 Å². The molecule has 0 aliphatic rings. The van der Waals surface area contributed by atoms with Gasteiger partial charge in [-0.05, 0) is 117 Å². The second-order valence-corrected chi connectivity index (χ2v) is 26.5. The number of fused-ring (bicyclic) bond motifs is 2. The molecule has 0 bridgehead atoms. The molecule has 0 saturated carbocycles. The van der Waals surface area contributed by atoms with Gasteiger partial charge < -0.3 is 100 Å². The molecule has 4 atom stereocenters. The van der Waals surface area contributed by atoms with Gasteiger partial charge in [-0.1, -0.05) is 140 Å². The van der Waals surface area contributed by atoms with Crippen molar-refractivity contribution >= 4 is 80.9 Å². The van der Waals surface area contributed by atoms with E-state index < -0.39 is 72.9 Å². The molecule has 0 aliphatic heterocycles. The van der Waals surface area contributed by atoms with Crippen LogP contribution in [-0.4, -0.2) is 225 Å². The number of aryl methyl sites for hydroxylation is 1. The summed E-state index contributed by atoms with van der Waals surface area (Å²) < 4.78 is 55.4. The van der Waals surface area contributed by atoms with E-state index in [9.17, 15) is 48.6 Å². The van der Waals surface area contributed by atoms with Gasteiger partial charge in [-0.3, -0.25) is 28.8 Å². The van der Waals surface area contributed by atoms with Gasteiger partial charge in [-0.15, -0.1) is 0 Å². The third-order valence-electron chi connectivity index (χ3n) is 17.7. The number of carbonyl (C=O) groups excluding carboxylic acids is 6. The van der Waals surface area contributed by atoms with E-state index in [0.717, 1.165) is 49.4 Å². The molecule has 30 nitrogen and oxygen atoms in total. The Morgan fingerprint density at radius 1 is 0.374 bits per heavy atom. The normalized spacial score (nSPS) is 12.2. The molecule has 2 aromatic heterocycles. The number of pyridine rings is 2. The number of aliphatic carboxylic acids is 2. The zero-order valence-corrected chi connectivity index (χ0v) is 64.9. The number of aromatic nitrogens is 2. The lowest BCUT2D eigenvalue weighted by Crippen LogP contribution is -2.50. The number of rotatable bonds is 57. The minimum Gasteiger partial charge on any atom is -0.481 e. The number of nitrogens with zero attached hydrogens (tertiary/aromatic N) is 2. The molecule has 616 valence electrons. The lowest BCUT2D eigenvalue weighted by atomic mass is 9.95. The summed E-state index contributed by atoms with van der Waals surface area (Å²) in [5, 5.41) is 47.0. The van der Waals surface area contributed by atoms with E-state index in [1.807, 2.05) is 140 Å². The second kappa shape index (κ2) is 52.2. The molecule has 8 rings (SSSR count). The van der Waals surface area contributed by atoms with E-state index >= 15 is 0 Å². The third-order valence-corrected chi connectivity index (χ3v) is 17.7. The standard InChI is InChI=1S/C85H106N10O20/c1-61-33-39-89-77(56-61)88-38-13-24-79(97)93-75(83(103)95-73(58-81(100)101)67-31-27-65(28-32-67)71-21-11-17-63-15-3-5-19-69(63)71)60-113-51-49-109-43-41-107-45-47-111-53-55-115-85(105)91-36-9-8-35-90-84(104)114-54-52-110-46-44-106-40-42-108-48-50-112-59-74(92-78(96)23-12-37-87-76-22-6-7-34-86-76)82(102)94-72(57-80(98)99)66-29-25-64(26-30-66)70-20-10-16-62-14-2-4-18-68(62)70/h2-7,10-11,14-22,25-34,39,56,72-75H,8-9,12-13,23-24,35-38,40-55,57-60H2,1H3,(H,86,87)(H,88,89)(H,90,104)(H,91,105)(H,92,96)(H,93,97)(H,94,102)(H,95,103)(H,98,99)(H,100,101).